The summed E-state index contributed by atoms with van der Waals surface area (Å²) in [6.45, 7) is 4.99. The number of carbonyl (C=O) groups is 2. The van der Waals surface area contributed by atoms with Gasteiger partial charge in [0.05, 0.1) is 5.92 Å². The van der Waals surface area contributed by atoms with Crippen molar-refractivity contribution in [3.8, 4) is 0 Å². The molecule has 1 saturated heterocycles. The summed E-state index contributed by atoms with van der Waals surface area (Å²) in [6, 6.07) is 0.114. The Bertz CT molecular complexity index is 293. The molecule has 0 radical (unpaired) electrons. The molecule has 1 heterocycles. The van der Waals surface area contributed by atoms with Crippen molar-refractivity contribution >= 4 is 11.9 Å². The van der Waals surface area contributed by atoms with Crippen LogP contribution in [0.2, 0.25) is 0 Å². The molecule has 2 atom stereocenters. The molecule has 1 aliphatic heterocycles. The summed E-state index contributed by atoms with van der Waals surface area (Å²) in [4.78, 5) is 24.6. The Morgan fingerprint density at radius 1 is 1.39 bits per heavy atom. The van der Waals surface area contributed by atoms with Crippen LogP contribution in [-0.4, -0.2) is 47.7 Å². The second-order valence-electron chi connectivity index (χ2n) is 4.91. The smallest absolute Gasteiger partial charge is 0.308 e. The van der Waals surface area contributed by atoms with Gasteiger partial charge in [-0.1, -0.05) is 13.3 Å². The number of likely N-dealkylation sites (tertiary alicyclic amines) is 1. The zero-order chi connectivity index (χ0) is 13.5. The summed E-state index contributed by atoms with van der Waals surface area (Å²) >= 11 is 0. The molecular weight excluding hydrogens is 234 g/mol. The Hall–Kier alpha value is -1.10. The molecule has 0 aromatic rings. The highest BCUT2D eigenvalue weighted by Crippen LogP contribution is 2.22. The van der Waals surface area contributed by atoms with Gasteiger partial charge in [0.15, 0.2) is 0 Å². The van der Waals surface area contributed by atoms with E-state index in [1.165, 1.54) is 0 Å². The first-order chi connectivity index (χ1) is 8.56. The number of ether oxygens (including phenoxy) is 1. The van der Waals surface area contributed by atoms with Crippen LogP contribution in [0.5, 0.6) is 0 Å². The van der Waals surface area contributed by atoms with Crippen molar-refractivity contribution in [1.82, 2.24) is 4.90 Å². The van der Waals surface area contributed by atoms with E-state index in [-0.39, 0.29) is 18.6 Å². The number of rotatable bonds is 6. The molecule has 5 nitrogen and oxygen atoms in total. The zero-order valence-corrected chi connectivity index (χ0v) is 11.2. The first kappa shape index (κ1) is 15.0. The summed E-state index contributed by atoms with van der Waals surface area (Å²) in [5, 5.41) is 9.00. The average molecular weight is 257 g/mol. The molecule has 18 heavy (non-hydrogen) atoms. The van der Waals surface area contributed by atoms with Crippen LogP contribution in [0.15, 0.2) is 0 Å². The Balaban J connectivity index is 2.41. The molecule has 1 N–H and O–H groups in total. The number of carbonyl (C=O) groups excluding carboxylic acids is 1. The van der Waals surface area contributed by atoms with Gasteiger partial charge in [-0.05, 0) is 26.2 Å². The van der Waals surface area contributed by atoms with Crippen molar-refractivity contribution in [2.24, 2.45) is 5.92 Å². The van der Waals surface area contributed by atoms with E-state index in [4.69, 9.17) is 9.84 Å². The van der Waals surface area contributed by atoms with Crippen molar-refractivity contribution in [3.63, 3.8) is 0 Å². The third-order valence-corrected chi connectivity index (χ3v) is 3.42. The SMILES string of the molecule is CCCCOCC(=O)N1CC(C(=O)O)CCC1C. The van der Waals surface area contributed by atoms with E-state index in [2.05, 4.69) is 6.92 Å². The lowest BCUT2D eigenvalue weighted by Gasteiger charge is -2.36. The Kier molecular flexibility index (Phi) is 6.12. The van der Waals surface area contributed by atoms with Crippen LogP contribution < -0.4 is 0 Å². The summed E-state index contributed by atoms with van der Waals surface area (Å²) in [5.41, 5.74) is 0. The number of unbranched alkanes of at least 4 members (excludes halogenated alkanes) is 1. The Morgan fingerprint density at radius 2 is 2.11 bits per heavy atom. The molecule has 104 valence electrons. The lowest BCUT2D eigenvalue weighted by atomic mass is 9.93. The van der Waals surface area contributed by atoms with Gasteiger partial charge in [-0.15, -0.1) is 0 Å². The largest absolute Gasteiger partial charge is 0.481 e. The first-order valence-electron chi connectivity index (χ1n) is 6.66. The van der Waals surface area contributed by atoms with E-state index in [1.54, 1.807) is 4.90 Å². The molecule has 0 bridgehead atoms. The van der Waals surface area contributed by atoms with Gasteiger partial charge in [0.25, 0.3) is 0 Å². The van der Waals surface area contributed by atoms with Crippen LogP contribution in [0.25, 0.3) is 0 Å². The number of carboxylic acids is 1. The van der Waals surface area contributed by atoms with Gasteiger partial charge >= 0.3 is 5.97 Å². The van der Waals surface area contributed by atoms with Gasteiger partial charge in [0.1, 0.15) is 6.61 Å². The number of nitrogens with zero attached hydrogens (tertiary/aromatic N) is 1. The molecule has 0 aliphatic carbocycles. The number of carboxylic acid groups (broad SMARTS) is 1. The maximum Gasteiger partial charge on any atom is 0.308 e. The molecule has 2 unspecified atom stereocenters. The quantitative estimate of drug-likeness (QED) is 0.732. The molecule has 0 aromatic carbocycles. The molecular formula is C13H23NO4. The number of hydrogen-bond donors (Lipinski definition) is 1. The maximum absolute atomic E-state index is 11.9. The van der Waals surface area contributed by atoms with Crippen LogP contribution in [-0.2, 0) is 14.3 Å². The number of hydrogen-bond acceptors (Lipinski definition) is 3. The second-order valence-corrected chi connectivity index (χ2v) is 4.91. The third-order valence-electron chi connectivity index (χ3n) is 3.42. The summed E-state index contributed by atoms with van der Waals surface area (Å²) < 4.78 is 5.29. The minimum Gasteiger partial charge on any atom is -0.481 e. The average Bonchev–Trinajstić information content (AvgIpc) is 2.34. The zero-order valence-electron chi connectivity index (χ0n) is 11.2. The third kappa shape index (κ3) is 4.29. The van der Waals surface area contributed by atoms with E-state index in [1.807, 2.05) is 6.92 Å². The van der Waals surface area contributed by atoms with Crippen LogP contribution in [0.3, 0.4) is 0 Å². The summed E-state index contributed by atoms with van der Waals surface area (Å²) in [5.74, 6) is -1.34. The monoisotopic (exact) mass is 257 g/mol. The highest BCUT2D eigenvalue weighted by atomic mass is 16.5. The standard InChI is InChI=1S/C13H23NO4/c1-3-4-7-18-9-12(15)14-8-11(13(16)17)6-5-10(14)2/h10-11H,3-9H2,1-2H3,(H,16,17). The van der Waals surface area contributed by atoms with E-state index in [9.17, 15) is 9.59 Å². The van der Waals surface area contributed by atoms with Gasteiger partial charge in [-0.3, -0.25) is 9.59 Å². The molecule has 1 fully saturated rings. The molecule has 0 saturated carbocycles. The van der Waals surface area contributed by atoms with E-state index >= 15 is 0 Å². The van der Waals surface area contributed by atoms with Gasteiger partial charge in [-0.25, -0.2) is 0 Å². The van der Waals surface area contributed by atoms with Crippen molar-refractivity contribution < 1.29 is 19.4 Å². The number of aliphatic carboxylic acids is 1. The fourth-order valence-corrected chi connectivity index (χ4v) is 2.14. The topological polar surface area (TPSA) is 66.8 Å². The normalized spacial score (nSPS) is 24.0. The van der Waals surface area contributed by atoms with Crippen molar-refractivity contribution in [1.29, 1.82) is 0 Å². The van der Waals surface area contributed by atoms with E-state index < -0.39 is 11.9 Å². The molecule has 1 amide bonds. The highest BCUT2D eigenvalue weighted by Gasteiger charge is 2.32. The van der Waals surface area contributed by atoms with E-state index in [0.717, 1.165) is 19.3 Å². The van der Waals surface area contributed by atoms with Crippen molar-refractivity contribution in [2.75, 3.05) is 19.8 Å². The maximum atomic E-state index is 11.9. The van der Waals surface area contributed by atoms with Crippen LogP contribution in [0.1, 0.15) is 39.5 Å². The predicted octanol–water partition coefficient (Wildman–Crippen LogP) is 1.51. The van der Waals surface area contributed by atoms with Gasteiger partial charge in [0, 0.05) is 19.2 Å². The molecule has 1 rings (SSSR count). The van der Waals surface area contributed by atoms with Gasteiger partial charge in [-0.2, -0.15) is 0 Å². The number of piperidine rings is 1. The summed E-state index contributed by atoms with van der Waals surface area (Å²) in [6.07, 6.45) is 3.38. The van der Waals surface area contributed by atoms with Gasteiger partial charge in [0.2, 0.25) is 5.91 Å². The second kappa shape index (κ2) is 7.36. The highest BCUT2D eigenvalue weighted by molar-refractivity contribution is 5.79. The van der Waals surface area contributed by atoms with E-state index in [0.29, 0.717) is 19.6 Å². The minimum absolute atomic E-state index is 0.0661. The molecule has 5 heteroatoms. The fraction of sp³-hybridized carbons (Fsp3) is 0.846. The van der Waals surface area contributed by atoms with Crippen LogP contribution in [0, 0.1) is 5.92 Å². The molecule has 0 aromatic heterocycles. The summed E-state index contributed by atoms with van der Waals surface area (Å²) in [7, 11) is 0. The van der Waals surface area contributed by atoms with Crippen LogP contribution in [0.4, 0.5) is 0 Å². The molecule has 1 aliphatic rings. The predicted molar refractivity (Wildman–Crippen MR) is 67.3 cm³/mol. The van der Waals surface area contributed by atoms with Gasteiger partial charge < -0.3 is 14.7 Å². The number of amides is 1. The van der Waals surface area contributed by atoms with Crippen LogP contribution >= 0.6 is 0 Å². The lowest BCUT2D eigenvalue weighted by Crippen LogP contribution is -2.48. The van der Waals surface area contributed by atoms with Crippen molar-refractivity contribution in [3.05, 3.63) is 0 Å². The minimum atomic E-state index is -0.813. The first-order valence-corrected chi connectivity index (χ1v) is 6.66. The van der Waals surface area contributed by atoms with Crippen molar-refractivity contribution in [2.45, 2.75) is 45.6 Å². The Morgan fingerprint density at radius 3 is 2.72 bits per heavy atom. The lowest BCUT2D eigenvalue weighted by molar-refractivity contribution is -0.148. The Labute approximate surface area is 108 Å². The molecule has 0 spiro atoms. The fourth-order valence-electron chi connectivity index (χ4n) is 2.14.